The Kier molecular flexibility index (Phi) is 6.10. The Morgan fingerprint density at radius 2 is 1.42 bits per heavy atom. The molecule has 0 spiro atoms. The third kappa shape index (κ3) is 5.15. The summed E-state index contributed by atoms with van der Waals surface area (Å²) in [5.74, 6) is 2.42. The number of halogens is 1. The van der Waals surface area contributed by atoms with Gasteiger partial charge in [0.1, 0.15) is 17.3 Å². The summed E-state index contributed by atoms with van der Waals surface area (Å²) in [4.78, 5) is 6.87. The van der Waals surface area contributed by atoms with E-state index in [2.05, 4.69) is 71.9 Å². The van der Waals surface area contributed by atoms with Crippen LogP contribution < -0.4 is 9.64 Å². The van der Waals surface area contributed by atoms with Gasteiger partial charge >= 0.3 is 0 Å². The summed E-state index contributed by atoms with van der Waals surface area (Å²) in [5, 5.41) is 0. The van der Waals surface area contributed by atoms with Crippen molar-refractivity contribution in [1.82, 2.24) is 4.98 Å². The van der Waals surface area contributed by atoms with Crippen LogP contribution in [0.5, 0.6) is 11.5 Å². The maximum absolute atomic E-state index is 6.12. The van der Waals surface area contributed by atoms with Crippen LogP contribution in [-0.2, 0) is 5.41 Å². The van der Waals surface area contributed by atoms with Crippen LogP contribution in [0.1, 0.15) is 26.3 Å². The molecule has 31 heavy (non-hydrogen) atoms. The second kappa shape index (κ2) is 8.94. The molecule has 0 bridgehead atoms. The second-order valence-electron chi connectivity index (χ2n) is 8.38. The molecule has 0 aliphatic heterocycles. The second-order valence-corrected chi connectivity index (χ2v) is 9.30. The molecular formula is C27H25BrN2O. The van der Waals surface area contributed by atoms with Gasteiger partial charge in [0.25, 0.3) is 0 Å². The van der Waals surface area contributed by atoms with Crippen molar-refractivity contribution in [3.63, 3.8) is 0 Å². The van der Waals surface area contributed by atoms with Crippen molar-refractivity contribution in [3.05, 3.63) is 107 Å². The van der Waals surface area contributed by atoms with E-state index >= 15 is 0 Å². The summed E-state index contributed by atoms with van der Waals surface area (Å²) >= 11 is 3.50. The first-order valence-electron chi connectivity index (χ1n) is 10.3. The molecule has 0 saturated carbocycles. The van der Waals surface area contributed by atoms with E-state index < -0.39 is 0 Å². The van der Waals surface area contributed by atoms with Crippen molar-refractivity contribution >= 4 is 33.1 Å². The maximum Gasteiger partial charge on any atom is 0.137 e. The highest BCUT2D eigenvalue weighted by atomic mass is 79.9. The van der Waals surface area contributed by atoms with E-state index in [4.69, 9.17) is 9.72 Å². The molecule has 0 unspecified atom stereocenters. The fourth-order valence-electron chi connectivity index (χ4n) is 3.35. The Hall–Kier alpha value is -3.11. The summed E-state index contributed by atoms with van der Waals surface area (Å²) in [6, 6.07) is 30.5. The maximum atomic E-state index is 6.12. The average Bonchev–Trinajstić information content (AvgIpc) is 2.75. The first-order chi connectivity index (χ1) is 14.9. The van der Waals surface area contributed by atoms with Crippen molar-refractivity contribution in [3.8, 4) is 11.5 Å². The Morgan fingerprint density at radius 1 is 0.742 bits per heavy atom. The Morgan fingerprint density at radius 3 is 2.13 bits per heavy atom. The zero-order valence-corrected chi connectivity index (χ0v) is 19.5. The SMILES string of the molecule is CC(C)(C)c1ccnc(N(c2ccccc2)c2cccc(Oc3cccc(Br)c3)c2)c1. The number of nitrogens with zero attached hydrogens (tertiary/aromatic N) is 2. The van der Waals surface area contributed by atoms with Crippen LogP contribution in [0.15, 0.2) is 102 Å². The minimum Gasteiger partial charge on any atom is -0.457 e. The van der Waals surface area contributed by atoms with Gasteiger partial charge in [0.05, 0.1) is 5.69 Å². The van der Waals surface area contributed by atoms with Gasteiger partial charge in [-0.25, -0.2) is 4.98 Å². The molecule has 3 aromatic carbocycles. The average molecular weight is 473 g/mol. The first-order valence-corrected chi connectivity index (χ1v) is 11.0. The van der Waals surface area contributed by atoms with Gasteiger partial charge in [-0.05, 0) is 65.6 Å². The highest BCUT2D eigenvalue weighted by Crippen LogP contribution is 2.37. The Bertz CT molecular complexity index is 1170. The number of hydrogen-bond donors (Lipinski definition) is 0. The normalized spacial score (nSPS) is 11.2. The fraction of sp³-hybridized carbons (Fsp3) is 0.148. The van der Waals surface area contributed by atoms with Gasteiger partial charge in [0.15, 0.2) is 0 Å². The van der Waals surface area contributed by atoms with Crippen molar-refractivity contribution < 1.29 is 4.74 Å². The molecule has 4 heteroatoms. The zero-order chi connectivity index (χ0) is 21.8. The molecule has 0 N–H and O–H groups in total. The predicted molar refractivity (Wildman–Crippen MR) is 132 cm³/mol. The van der Waals surface area contributed by atoms with Crippen molar-refractivity contribution in [2.45, 2.75) is 26.2 Å². The van der Waals surface area contributed by atoms with Gasteiger partial charge in [-0.3, -0.25) is 4.90 Å². The number of pyridine rings is 1. The van der Waals surface area contributed by atoms with E-state index in [9.17, 15) is 0 Å². The third-order valence-corrected chi connectivity index (χ3v) is 5.46. The van der Waals surface area contributed by atoms with E-state index in [1.807, 2.05) is 66.9 Å². The molecular weight excluding hydrogens is 448 g/mol. The largest absolute Gasteiger partial charge is 0.457 e. The topological polar surface area (TPSA) is 25.4 Å². The van der Waals surface area contributed by atoms with Gasteiger partial charge in [-0.1, -0.05) is 67.0 Å². The van der Waals surface area contributed by atoms with Crippen LogP contribution in [0.3, 0.4) is 0 Å². The molecule has 0 aliphatic carbocycles. The molecule has 4 rings (SSSR count). The molecule has 156 valence electrons. The fourth-order valence-corrected chi connectivity index (χ4v) is 3.73. The van der Waals surface area contributed by atoms with Crippen molar-refractivity contribution in [2.75, 3.05) is 4.90 Å². The quantitative estimate of drug-likeness (QED) is 0.291. The van der Waals surface area contributed by atoms with E-state index in [1.54, 1.807) is 0 Å². The molecule has 0 aliphatic rings. The standard InChI is InChI=1S/C27H25BrN2O/c1-27(2,3)20-15-16-29-26(17-20)30(22-10-5-4-6-11-22)23-12-8-14-25(19-23)31-24-13-7-9-21(28)18-24/h4-19H,1-3H3. The van der Waals surface area contributed by atoms with E-state index in [0.717, 1.165) is 33.2 Å². The number of ether oxygens (including phenoxy) is 1. The Balaban J connectivity index is 1.77. The minimum atomic E-state index is 0.0334. The zero-order valence-electron chi connectivity index (χ0n) is 17.9. The van der Waals surface area contributed by atoms with E-state index in [0.29, 0.717) is 0 Å². The van der Waals surface area contributed by atoms with Crippen molar-refractivity contribution in [1.29, 1.82) is 0 Å². The summed E-state index contributed by atoms with van der Waals surface area (Å²) in [5.41, 5.74) is 3.30. The molecule has 1 heterocycles. The first kappa shape index (κ1) is 21.1. The molecule has 3 nitrogen and oxygen atoms in total. The Labute approximate surface area is 192 Å². The number of rotatable bonds is 5. The number of para-hydroxylation sites is 1. The molecule has 0 saturated heterocycles. The number of hydrogen-bond acceptors (Lipinski definition) is 3. The van der Waals surface area contributed by atoms with Gasteiger partial charge in [-0.15, -0.1) is 0 Å². The van der Waals surface area contributed by atoms with Gasteiger partial charge in [0, 0.05) is 22.4 Å². The van der Waals surface area contributed by atoms with Gasteiger partial charge < -0.3 is 4.74 Å². The molecule has 4 aromatic rings. The number of benzene rings is 3. The lowest BCUT2D eigenvalue weighted by atomic mass is 9.88. The minimum absolute atomic E-state index is 0.0334. The van der Waals surface area contributed by atoms with Gasteiger partial charge in [0.2, 0.25) is 0 Å². The lowest BCUT2D eigenvalue weighted by molar-refractivity contribution is 0.482. The molecule has 0 amide bonds. The number of aromatic nitrogens is 1. The lowest BCUT2D eigenvalue weighted by Gasteiger charge is -2.27. The summed E-state index contributed by atoms with van der Waals surface area (Å²) in [7, 11) is 0. The summed E-state index contributed by atoms with van der Waals surface area (Å²) < 4.78 is 7.10. The monoisotopic (exact) mass is 472 g/mol. The molecule has 0 radical (unpaired) electrons. The molecule has 1 aromatic heterocycles. The van der Waals surface area contributed by atoms with Crippen LogP contribution >= 0.6 is 15.9 Å². The summed E-state index contributed by atoms with van der Waals surface area (Å²) in [6.45, 7) is 6.64. The van der Waals surface area contributed by atoms with Crippen molar-refractivity contribution in [2.24, 2.45) is 0 Å². The number of anilines is 3. The van der Waals surface area contributed by atoms with Crippen LogP contribution in [0.4, 0.5) is 17.2 Å². The van der Waals surface area contributed by atoms with Crippen LogP contribution in [0.25, 0.3) is 0 Å². The van der Waals surface area contributed by atoms with Gasteiger partial charge in [-0.2, -0.15) is 0 Å². The molecule has 0 atom stereocenters. The summed E-state index contributed by atoms with van der Waals surface area (Å²) in [6.07, 6.45) is 1.88. The molecule has 0 fully saturated rings. The van der Waals surface area contributed by atoms with Crippen LogP contribution in [-0.4, -0.2) is 4.98 Å². The lowest BCUT2D eigenvalue weighted by Crippen LogP contribution is -2.15. The highest BCUT2D eigenvalue weighted by molar-refractivity contribution is 9.10. The smallest absolute Gasteiger partial charge is 0.137 e. The van der Waals surface area contributed by atoms with Crippen LogP contribution in [0.2, 0.25) is 0 Å². The van der Waals surface area contributed by atoms with Crippen LogP contribution in [0, 0.1) is 0 Å². The van der Waals surface area contributed by atoms with E-state index in [-0.39, 0.29) is 5.41 Å². The highest BCUT2D eigenvalue weighted by Gasteiger charge is 2.19. The van der Waals surface area contributed by atoms with E-state index in [1.165, 1.54) is 5.56 Å². The predicted octanol–water partition coefficient (Wildman–Crippen LogP) is 8.40. The third-order valence-electron chi connectivity index (χ3n) is 4.96.